The number of hydrogen-bond donors (Lipinski definition) is 0. The Labute approximate surface area is 141 Å². The lowest BCUT2D eigenvalue weighted by Crippen LogP contribution is -1.90. The summed E-state index contributed by atoms with van der Waals surface area (Å²) in [4.78, 5) is 2.52. The summed E-state index contributed by atoms with van der Waals surface area (Å²) in [5.74, 6) is -0.190. The lowest BCUT2D eigenvalue weighted by Gasteiger charge is -2.05. The second-order valence-corrected chi connectivity index (χ2v) is 7.43. The molecule has 0 aliphatic heterocycles. The topological polar surface area (TPSA) is 0 Å². The fourth-order valence-corrected chi connectivity index (χ4v) is 3.85. The van der Waals surface area contributed by atoms with Crippen molar-refractivity contribution in [3.05, 3.63) is 80.0 Å². The van der Waals surface area contributed by atoms with Crippen LogP contribution in [0.2, 0.25) is 0 Å². The highest BCUT2D eigenvalue weighted by atomic mass is 127. The van der Waals surface area contributed by atoms with Crippen LogP contribution in [0.3, 0.4) is 0 Å². The van der Waals surface area contributed by atoms with Crippen molar-refractivity contribution >= 4 is 33.9 Å². The minimum Gasteiger partial charge on any atom is -0.207 e. The molecule has 106 valence electrons. The van der Waals surface area contributed by atoms with E-state index in [9.17, 15) is 4.39 Å². The quantitative estimate of drug-likeness (QED) is 0.463. The summed E-state index contributed by atoms with van der Waals surface area (Å²) in [5.41, 5.74) is 3.77. The standard InChI is InChI=1S/C18H14FIS/c1-12-2-7-16(20)10-14(12)11-17-8-9-18(21-17)13-3-5-15(19)6-4-13/h2-10H,11H2,1H3. The lowest BCUT2D eigenvalue weighted by molar-refractivity contribution is 0.628. The van der Waals surface area contributed by atoms with Gasteiger partial charge >= 0.3 is 0 Å². The first-order chi connectivity index (χ1) is 10.1. The summed E-state index contributed by atoms with van der Waals surface area (Å²) >= 11 is 4.13. The van der Waals surface area contributed by atoms with Crippen LogP contribution in [0.5, 0.6) is 0 Å². The van der Waals surface area contributed by atoms with Crippen molar-refractivity contribution in [1.29, 1.82) is 0 Å². The van der Waals surface area contributed by atoms with Gasteiger partial charge in [-0.3, -0.25) is 0 Å². The number of hydrogen-bond acceptors (Lipinski definition) is 1. The van der Waals surface area contributed by atoms with Gasteiger partial charge in [0.1, 0.15) is 5.82 Å². The lowest BCUT2D eigenvalue weighted by atomic mass is 10.1. The summed E-state index contributed by atoms with van der Waals surface area (Å²) in [5, 5.41) is 0. The normalized spacial score (nSPS) is 10.8. The zero-order chi connectivity index (χ0) is 14.8. The third kappa shape index (κ3) is 3.52. The minimum atomic E-state index is -0.190. The minimum absolute atomic E-state index is 0.190. The van der Waals surface area contributed by atoms with Crippen LogP contribution in [0.4, 0.5) is 4.39 Å². The van der Waals surface area contributed by atoms with E-state index in [4.69, 9.17) is 0 Å². The molecule has 0 bridgehead atoms. The van der Waals surface area contributed by atoms with Gasteiger partial charge in [0.25, 0.3) is 0 Å². The number of rotatable bonds is 3. The molecular formula is C18H14FIS. The first-order valence-corrected chi connectivity index (χ1v) is 8.61. The summed E-state index contributed by atoms with van der Waals surface area (Å²) in [6.07, 6.45) is 0.953. The highest BCUT2D eigenvalue weighted by molar-refractivity contribution is 14.1. The van der Waals surface area contributed by atoms with E-state index in [-0.39, 0.29) is 5.82 Å². The molecule has 1 heterocycles. The van der Waals surface area contributed by atoms with Crippen molar-refractivity contribution in [2.75, 3.05) is 0 Å². The van der Waals surface area contributed by atoms with E-state index < -0.39 is 0 Å². The molecule has 0 spiro atoms. The predicted octanol–water partition coefficient (Wildman–Crippen LogP) is 6.06. The van der Waals surface area contributed by atoms with Crippen LogP contribution >= 0.6 is 33.9 Å². The third-order valence-electron chi connectivity index (χ3n) is 3.47. The summed E-state index contributed by atoms with van der Waals surface area (Å²) < 4.78 is 14.2. The van der Waals surface area contributed by atoms with Crippen LogP contribution in [0, 0.1) is 16.3 Å². The summed E-state index contributed by atoms with van der Waals surface area (Å²) in [6.45, 7) is 2.15. The second-order valence-electron chi connectivity index (χ2n) is 5.02. The number of thiophene rings is 1. The number of halogens is 2. The Kier molecular flexibility index (Phi) is 4.40. The van der Waals surface area contributed by atoms with E-state index in [1.807, 2.05) is 12.1 Å². The Morgan fingerprint density at radius 2 is 1.76 bits per heavy atom. The van der Waals surface area contributed by atoms with E-state index in [1.54, 1.807) is 11.3 Å². The molecule has 1 aromatic heterocycles. The van der Waals surface area contributed by atoms with E-state index >= 15 is 0 Å². The molecule has 3 heteroatoms. The Morgan fingerprint density at radius 1 is 1.00 bits per heavy atom. The van der Waals surface area contributed by atoms with Crippen molar-refractivity contribution in [3.8, 4) is 10.4 Å². The number of aryl methyl sites for hydroxylation is 1. The van der Waals surface area contributed by atoms with Crippen molar-refractivity contribution < 1.29 is 4.39 Å². The predicted molar refractivity (Wildman–Crippen MR) is 96.4 cm³/mol. The molecule has 0 aliphatic rings. The molecule has 0 saturated carbocycles. The SMILES string of the molecule is Cc1ccc(I)cc1Cc1ccc(-c2ccc(F)cc2)s1. The average Bonchev–Trinajstić information content (AvgIpc) is 2.92. The molecule has 0 aliphatic carbocycles. The van der Waals surface area contributed by atoms with Gasteiger partial charge in [-0.15, -0.1) is 11.3 Å². The zero-order valence-corrected chi connectivity index (χ0v) is 14.5. The van der Waals surface area contributed by atoms with E-state index in [0.29, 0.717) is 0 Å². The fourth-order valence-electron chi connectivity index (χ4n) is 2.26. The van der Waals surface area contributed by atoms with Crippen LogP contribution in [-0.4, -0.2) is 0 Å². The molecule has 0 nitrogen and oxygen atoms in total. The van der Waals surface area contributed by atoms with Crippen LogP contribution in [0.1, 0.15) is 16.0 Å². The van der Waals surface area contributed by atoms with Crippen LogP contribution in [-0.2, 0) is 6.42 Å². The van der Waals surface area contributed by atoms with Crippen molar-refractivity contribution in [2.45, 2.75) is 13.3 Å². The van der Waals surface area contributed by atoms with Gasteiger partial charge in [0.15, 0.2) is 0 Å². The van der Waals surface area contributed by atoms with E-state index in [2.05, 4.69) is 59.8 Å². The van der Waals surface area contributed by atoms with Gasteiger partial charge in [-0.05, 0) is 82.6 Å². The monoisotopic (exact) mass is 408 g/mol. The van der Waals surface area contributed by atoms with Crippen LogP contribution in [0.25, 0.3) is 10.4 Å². The third-order valence-corrected chi connectivity index (χ3v) is 5.27. The first-order valence-electron chi connectivity index (χ1n) is 6.71. The fraction of sp³-hybridized carbons (Fsp3) is 0.111. The van der Waals surface area contributed by atoms with Gasteiger partial charge in [-0.25, -0.2) is 4.39 Å². The molecule has 2 aromatic carbocycles. The Morgan fingerprint density at radius 3 is 2.52 bits per heavy atom. The smallest absolute Gasteiger partial charge is 0.123 e. The van der Waals surface area contributed by atoms with Gasteiger partial charge in [0, 0.05) is 19.7 Å². The Bertz CT molecular complexity index is 759. The highest BCUT2D eigenvalue weighted by Crippen LogP contribution is 2.30. The van der Waals surface area contributed by atoms with Gasteiger partial charge in [-0.1, -0.05) is 18.2 Å². The van der Waals surface area contributed by atoms with Crippen LogP contribution < -0.4 is 0 Å². The molecule has 0 N–H and O–H groups in total. The maximum absolute atomic E-state index is 13.0. The summed E-state index contributed by atoms with van der Waals surface area (Å²) in [7, 11) is 0. The second kappa shape index (κ2) is 6.28. The molecule has 0 fully saturated rings. The molecular weight excluding hydrogens is 394 g/mol. The molecule has 21 heavy (non-hydrogen) atoms. The first kappa shape index (κ1) is 14.7. The van der Waals surface area contributed by atoms with Crippen molar-refractivity contribution in [2.24, 2.45) is 0 Å². The van der Waals surface area contributed by atoms with Crippen LogP contribution in [0.15, 0.2) is 54.6 Å². The molecule has 3 aromatic rings. The Hall–Kier alpha value is -1.20. The molecule has 3 rings (SSSR count). The maximum atomic E-state index is 13.0. The maximum Gasteiger partial charge on any atom is 0.123 e. The van der Waals surface area contributed by atoms with Gasteiger partial charge in [-0.2, -0.15) is 0 Å². The molecule has 0 radical (unpaired) electrons. The molecule has 0 saturated heterocycles. The molecule has 0 unspecified atom stereocenters. The largest absolute Gasteiger partial charge is 0.207 e. The number of benzene rings is 2. The van der Waals surface area contributed by atoms with Gasteiger partial charge in [0.05, 0.1) is 0 Å². The van der Waals surface area contributed by atoms with E-state index in [0.717, 1.165) is 12.0 Å². The Balaban J connectivity index is 1.85. The summed E-state index contributed by atoms with van der Waals surface area (Å²) in [6, 6.07) is 17.5. The van der Waals surface area contributed by atoms with Crippen molar-refractivity contribution in [1.82, 2.24) is 0 Å². The molecule has 0 atom stereocenters. The van der Waals surface area contributed by atoms with Gasteiger partial charge < -0.3 is 0 Å². The molecule has 0 amide bonds. The van der Waals surface area contributed by atoms with Gasteiger partial charge in [0.2, 0.25) is 0 Å². The zero-order valence-electron chi connectivity index (χ0n) is 11.6. The highest BCUT2D eigenvalue weighted by Gasteiger charge is 2.06. The van der Waals surface area contributed by atoms with Crippen molar-refractivity contribution in [3.63, 3.8) is 0 Å². The van der Waals surface area contributed by atoms with E-state index in [1.165, 1.54) is 36.6 Å². The average molecular weight is 408 g/mol.